The lowest BCUT2D eigenvalue weighted by Gasteiger charge is -2.24. The van der Waals surface area contributed by atoms with Gasteiger partial charge in [-0.1, -0.05) is 78.6 Å². The number of carbonyl (C=O) groups excluding carboxylic acids is 3. The fourth-order valence-corrected chi connectivity index (χ4v) is 3.04. The number of nitrogens with one attached hydrogen (secondary N) is 1. The van der Waals surface area contributed by atoms with Gasteiger partial charge in [-0.2, -0.15) is 0 Å². The zero-order valence-corrected chi connectivity index (χ0v) is 22.5. The van der Waals surface area contributed by atoms with E-state index in [1.54, 1.807) is 0 Å². The van der Waals surface area contributed by atoms with Gasteiger partial charge < -0.3 is 25.1 Å². The SMILES string of the molecule is CC(=N)N.CCCCCCOC(=O)CC(O)(CC(=O)OCCCCCC)C(=O)OCCCCCC. The molecule has 0 aliphatic rings. The minimum Gasteiger partial charge on any atom is -0.466 e. The Kier molecular flexibility index (Phi) is 23.6. The second-order valence-corrected chi connectivity index (χ2v) is 8.83. The summed E-state index contributed by atoms with van der Waals surface area (Å²) in [5, 5.41) is 17.1. The number of hydrogen-bond donors (Lipinski definition) is 3. The molecule has 0 aromatic heterocycles. The van der Waals surface area contributed by atoms with E-state index in [-0.39, 0.29) is 25.7 Å². The molecule has 0 bridgehead atoms. The molecule has 0 atom stereocenters. The molecule has 0 radical (unpaired) electrons. The number of unbranched alkanes of at least 4 members (excludes halogenated alkanes) is 9. The first-order chi connectivity index (χ1) is 16.6. The molecule has 0 heterocycles. The fraction of sp³-hybridized carbons (Fsp3) is 0.846. The first-order valence-corrected chi connectivity index (χ1v) is 13.1. The Morgan fingerprint density at radius 1 is 0.686 bits per heavy atom. The van der Waals surface area contributed by atoms with E-state index in [1.807, 2.05) is 0 Å². The maximum atomic E-state index is 12.5. The highest BCUT2D eigenvalue weighted by molar-refractivity contribution is 5.90. The molecule has 0 rings (SSSR count). The van der Waals surface area contributed by atoms with Gasteiger partial charge >= 0.3 is 17.9 Å². The zero-order chi connectivity index (χ0) is 27.0. The van der Waals surface area contributed by atoms with Gasteiger partial charge in [0.25, 0.3) is 0 Å². The topological polar surface area (TPSA) is 149 Å². The molecule has 0 amide bonds. The Labute approximate surface area is 212 Å². The normalized spacial score (nSPS) is 10.7. The molecule has 0 aliphatic heterocycles. The zero-order valence-electron chi connectivity index (χ0n) is 22.5. The van der Waals surface area contributed by atoms with Crippen LogP contribution in [0.15, 0.2) is 0 Å². The minimum atomic E-state index is -2.27. The summed E-state index contributed by atoms with van der Waals surface area (Å²) in [6.07, 6.45) is 9.96. The van der Waals surface area contributed by atoms with Gasteiger partial charge in [-0.25, -0.2) is 4.79 Å². The van der Waals surface area contributed by atoms with Crippen molar-refractivity contribution >= 4 is 23.7 Å². The molecule has 0 aromatic rings. The Bertz CT molecular complexity index is 550. The van der Waals surface area contributed by atoms with Crippen LogP contribution in [0.2, 0.25) is 0 Å². The van der Waals surface area contributed by atoms with Gasteiger partial charge in [0.15, 0.2) is 5.60 Å². The lowest BCUT2D eigenvalue weighted by Crippen LogP contribution is -2.45. The van der Waals surface area contributed by atoms with Crippen LogP contribution in [0.25, 0.3) is 0 Å². The molecule has 0 fully saturated rings. The second-order valence-electron chi connectivity index (χ2n) is 8.83. The van der Waals surface area contributed by atoms with Crippen LogP contribution >= 0.6 is 0 Å². The van der Waals surface area contributed by atoms with Crippen LogP contribution in [-0.4, -0.2) is 54.3 Å². The molecular formula is C26H50N2O7. The van der Waals surface area contributed by atoms with Gasteiger partial charge in [0.05, 0.1) is 38.5 Å². The fourth-order valence-electron chi connectivity index (χ4n) is 3.04. The molecule has 206 valence electrons. The van der Waals surface area contributed by atoms with Crippen LogP contribution in [0.5, 0.6) is 0 Å². The van der Waals surface area contributed by atoms with Crippen molar-refractivity contribution in [1.29, 1.82) is 5.41 Å². The van der Waals surface area contributed by atoms with E-state index in [9.17, 15) is 19.5 Å². The summed E-state index contributed by atoms with van der Waals surface area (Å²) < 4.78 is 15.4. The van der Waals surface area contributed by atoms with Gasteiger partial charge in [-0.15, -0.1) is 0 Å². The first kappa shape index (κ1) is 35.0. The van der Waals surface area contributed by atoms with Crippen molar-refractivity contribution in [3.05, 3.63) is 0 Å². The Morgan fingerprint density at radius 3 is 1.31 bits per heavy atom. The van der Waals surface area contributed by atoms with Crippen molar-refractivity contribution in [3.8, 4) is 0 Å². The highest BCUT2D eigenvalue weighted by atomic mass is 16.6. The quantitative estimate of drug-likeness (QED) is 0.0706. The summed E-state index contributed by atoms with van der Waals surface area (Å²) in [5.41, 5.74) is 2.42. The first-order valence-electron chi connectivity index (χ1n) is 13.1. The van der Waals surface area contributed by atoms with Crippen LogP contribution in [-0.2, 0) is 28.6 Å². The van der Waals surface area contributed by atoms with Crippen molar-refractivity contribution in [2.24, 2.45) is 5.73 Å². The standard InChI is InChI=1S/C24H44O7.C2H6N2/c1-4-7-10-13-16-29-21(25)19-24(28,23(27)31-18-15-12-9-6-3)20-22(26)30-17-14-11-8-5-2;1-2(3)4/h28H,4-20H2,1-3H3;1H3,(H3,3,4). The summed E-state index contributed by atoms with van der Waals surface area (Å²) in [6, 6.07) is 0. The van der Waals surface area contributed by atoms with Crippen LogP contribution in [0, 0.1) is 5.41 Å². The van der Waals surface area contributed by atoms with Crippen LogP contribution in [0.4, 0.5) is 0 Å². The van der Waals surface area contributed by atoms with E-state index < -0.39 is 36.4 Å². The maximum absolute atomic E-state index is 12.5. The van der Waals surface area contributed by atoms with Gasteiger partial charge in [-0.3, -0.25) is 15.0 Å². The van der Waals surface area contributed by atoms with Gasteiger partial charge in [0, 0.05) is 0 Å². The average molecular weight is 503 g/mol. The van der Waals surface area contributed by atoms with Crippen LogP contribution in [0.3, 0.4) is 0 Å². The number of ether oxygens (including phenoxy) is 3. The maximum Gasteiger partial charge on any atom is 0.339 e. The number of carbonyl (C=O) groups is 3. The summed E-state index contributed by atoms with van der Waals surface area (Å²) in [5.74, 6) is -2.26. The highest BCUT2D eigenvalue weighted by Crippen LogP contribution is 2.20. The highest BCUT2D eigenvalue weighted by Gasteiger charge is 2.43. The third-order valence-electron chi connectivity index (χ3n) is 5.01. The second kappa shape index (κ2) is 23.6. The predicted molar refractivity (Wildman–Crippen MR) is 137 cm³/mol. The van der Waals surface area contributed by atoms with E-state index in [4.69, 9.17) is 25.4 Å². The van der Waals surface area contributed by atoms with Crippen molar-refractivity contribution < 1.29 is 33.7 Å². The molecular weight excluding hydrogens is 452 g/mol. The van der Waals surface area contributed by atoms with E-state index in [1.165, 1.54) is 6.92 Å². The molecule has 0 spiro atoms. The Morgan fingerprint density at radius 2 is 1.00 bits per heavy atom. The number of aliphatic hydroxyl groups is 1. The van der Waals surface area contributed by atoms with Gasteiger partial charge in [0.2, 0.25) is 0 Å². The smallest absolute Gasteiger partial charge is 0.339 e. The van der Waals surface area contributed by atoms with Gasteiger partial charge in [-0.05, 0) is 26.2 Å². The van der Waals surface area contributed by atoms with Crippen molar-refractivity contribution in [1.82, 2.24) is 0 Å². The molecule has 0 aromatic carbocycles. The van der Waals surface area contributed by atoms with E-state index in [0.717, 1.165) is 70.6 Å². The Balaban J connectivity index is 0. The third-order valence-corrected chi connectivity index (χ3v) is 5.01. The average Bonchev–Trinajstić information content (AvgIpc) is 2.78. The third kappa shape index (κ3) is 23.4. The lowest BCUT2D eigenvalue weighted by molar-refractivity contribution is -0.178. The Hall–Kier alpha value is -2.16. The molecule has 0 aliphatic carbocycles. The van der Waals surface area contributed by atoms with Crippen molar-refractivity contribution in [3.63, 3.8) is 0 Å². The number of amidine groups is 1. The number of rotatable bonds is 20. The minimum absolute atomic E-state index is 0.138. The summed E-state index contributed by atoms with van der Waals surface area (Å²) in [4.78, 5) is 36.9. The molecule has 0 saturated heterocycles. The lowest BCUT2D eigenvalue weighted by atomic mass is 9.95. The molecule has 4 N–H and O–H groups in total. The van der Waals surface area contributed by atoms with Crippen LogP contribution in [0.1, 0.15) is 118 Å². The largest absolute Gasteiger partial charge is 0.466 e. The molecule has 0 saturated carbocycles. The summed E-state index contributed by atoms with van der Waals surface area (Å²) >= 11 is 0. The molecule has 9 nitrogen and oxygen atoms in total. The number of hydrogen-bond acceptors (Lipinski definition) is 8. The molecule has 9 heteroatoms. The monoisotopic (exact) mass is 502 g/mol. The molecule has 35 heavy (non-hydrogen) atoms. The summed E-state index contributed by atoms with van der Waals surface area (Å²) in [7, 11) is 0. The summed E-state index contributed by atoms with van der Waals surface area (Å²) in [6.45, 7) is 8.36. The van der Waals surface area contributed by atoms with E-state index in [0.29, 0.717) is 6.42 Å². The number of esters is 3. The van der Waals surface area contributed by atoms with Crippen molar-refractivity contribution in [2.75, 3.05) is 19.8 Å². The number of nitrogens with two attached hydrogens (primary N) is 1. The van der Waals surface area contributed by atoms with Crippen LogP contribution < -0.4 is 5.73 Å². The van der Waals surface area contributed by atoms with E-state index in [2.05, 4.69) is 20.8 Å². The van der Waals surface area contributed by atoms with Gasteiger partial charge in [0.1, 0.15) is 0 Å². The van der Waals surface area contributed by atoms with E-state index >= 15 is 0 Å². The predicted octanol–water partition coefficient (Wildman–Crippen LogP) is 4.81. The van der Waals surface area contributed by atoms with Crippen molar-refractivity contribution in [2.45, 2.75) is 123 Å². The molecule has 0 unspecified atom stereocenters.